The number of aliphatic hydroxyl groups is 1. The van der Waals surface area contributed by atoms with E-state index < -0.39 is 5.60 Å². The fourth-order valence-electron chi connectivity index (χ4n) is 1.36. The lowest BCUT2D eigenvalue weighted by molar-refractivity contribution is -0.144. The first-order valence-corrected chi connectivity index (χ1v) is 6.41. The molecule has 0 heterocycles. The normalized spacial score (nSPS) is 11.9. The molecule has 4 heteroatoms. The van der Waals surface area contributed by atoms with E-state index in [2.05, 4.69) is 11.8 Å². The van der Waals surface area contributed by atoms with Gasteiger partial charge in [0.15, 0.2) is 0 Å². The summed E-state index contributed by atoms with van der Waals surface area (Å²) in [5.74, 6) is -0.131. The molecule has 17 heavy (non-hydrogen) atoms. The maximum atomic E-state index is 11.3. The van der Waals surface area contributed by atoms with Crippen molar-refractivity contribution in [2.75, 3.05) is 26.7 Å². The van der Waals surface area contributed by atoms with E-state index in [1.807, 2.05) is 7.05 Å². The van der Waals surface area contributed by atoms with Crippen molar-refractivity contribution in [3.8, 4) is 0 Å². The highest BCUT2D eigenvalue weighted by atomic mass is 16.5. The summed E-state index contributed by atoms with van der Waals surface area (Å²) in [4.78, 5) is 13.4. The number of hydrogen-bond acceptors (Lipinski definition) is 4. The Kier molecular flexibility index (Phi) is 8.17. The molecule has 0 aliphatic carbocycles. The monoisotopic (exact) mass is 245 g/mol. The molecule has 0 radical (unpaired) electrons. The Morgan fingerprint density at radius 1 is 1.35 bits per heavy atom. The molecule has 1 N–H and O–H groups in total. The molecule has 0 aromatic carbocycles. The van der Waals surface area contributed by atoms with Gasteiger partial charge < -0.3 is 14.7 Å². The van der Waals surface area contributed by atoms with E-state index in [1.165, 1.54) is 0 Å². The lowest BCUT2D eigenvalue weighted by atomic mass is 10.0. The molecular formula is C13H27NO3. The smallest absolute Gasteiger partial charge is 0.307 e. The van der Waals surface area contributed by atoms with Gasteiger partial charge in [-0.3, -0.25) is 4.79 Å². The summed E-state index contributed by atoms with van der Waals surface area (Å²) in [5.41, 5.74) is -0.617. The Morgan fingerprint density at radius 2 is 2.00 bits per heavy atom. The highest BCUT2D eigenvalue weighted by Gasteiger charge is 2.11. The molecule has 0 aliphatic heterocycles. The summed E-state index contributed by atoms with van der Waals surface area (Å²) >= 11 is 0. The van der Waals surface area contributed by atoms with E-state index in [9.17, 15) is 9.90 Å². The molecule has 0 aromatic rings. The van der Waals surface area contributed by atoms with E-state index in [0.717, 1.165) is 32.4 Å². The van der Waals surface area contributed by atoms with Crippen molar-refractivity contribution in [3.63, 3.8) is 0 Å². The minimum atomic E-state index is -0.617. The molecule has 0 rings (SSSR count). The average molecular weight is 245 g/mol. The molecule has 0 amide bonds. The highest BCUT2D eigenvalue weighted by molar-refractivity contribution is 5.69. The summed E-state index contributed by atoms with van der Waals surface area (Å²) in [6.45, 7) is 7.80. The summed E-state index contributed by atoms with van der Waals surface area (Å²) < 4.78 is 5.10. The molecule has 4 nitrogen and oxygen atoms in total. The third kappa shape index (κ3) is 11.6. The second-order valence-electron chi connectivity index (χ2n) is 5.14. The Hall–Kier alpha value is -0.610. The van der Waals surface area contributed by atoms with Crippen LogP contribution in [0.15, 0.2) is 0 Å². The molecular weight excluding hydrogens is 218 g/mol. The summed E-state index contributed by atoms with van der Waals surface area (Å²) in [6.07, 6.45) is 2.89. The van der Waals surface area contributed by atoms with Crippen LogP contribution in [0.4, 0.5) is 0 Å². The Balaban J connectivity index is 3.40. The van der Waals surface area contributed by atoms with Crippen molar-refractivity contribution in [2.45, 2.75) is 52.1 Å². The van der Waals surface area contributed by atoms with Crippen molar-refractivity contribution < 1.29 is 14.6 Å². The quantitative estimate of drug-likeness (QED) is 0.497. The highest BCUT2D eigenvalue weighted by Crippen LogP contribution is 2.11. The SMILES string of the molecule is CCN(C)CCC(=O)OCCCCC(C)(C)O. The van der Waals surface area contributed by atoms with Gasteiger partial charge in [0, 0.05) is 6.54 Å². The van der Waals surface area contributed by atoms with Gasteiger partial charge in [0.25, 0.3) is 0 Å². The number of esters is 1. The largest absolute Gasteiger partial charge is 0.466 e. The molecule has 0 spiro atoms. The molecule has 0 unspecified atom stereocenters. The Labute approximate surface area is 105 Å². The van der Waals surface area contributed by atoms with E-state index >= 15 is 0 Å². The fraction of sp³-hybridized carbons (Fsp3) is 0.923. The van der Waals surface area contributed by atoms with Crippen LogP contribution in [0.1, 0.15) is 46.5 Å². The molecule has 102 valence electrons. The van der Waals surface area contributed by atoms with Crippen molar-refractivity contribution in [2.24, 2.45) is 0 Å². The molecule has 0 fully saturated rings. The van der Waals surface area contributed by atoms with Crippen LogP contribution in [-0.4, -0.2) is 48.3 Å². The van der Waals surface area contributed by atoms with Crippen LogP contribution >= 0.6 is 0 Å². The zero-order valence-corrected chi connectivity index (χ0v) is 11.7. The third-order valence-corrected chi connectivity index (χ3v) is 2.68. The number of carbonyl (C=O) groups excluding carboxylic acids is 1. The van der Waals surface area contributed by atoms with Gasteiger partial charge in [-0.15, -0.1) is 0 Å². The molecule has 0 bridgehead atoms. The number of carbonyl (C=O) groups is 1. The van der Waals surface area contributed by atoms with E-state index in [4.69, 9.17) is 4.74 Å². The maximum Gasteiger partial charge on any atom is 0.307 e. The van der Waals surface area contributed by atoms with Crippen LogP contribution in [-0.2, 0) is 9.53 Å². The summed E-state index contributed by atoms with van der Waals surface area (Å²) in [6, 6.07) is 0. The number of rotatable bonds is 9. The Morgan fingerprint density at radius 3 is 2.53 bits per heavy atom. The topological polar surface area (TPSA) is 49.8 Å². The first kappa shape index (κ1) is 16.4. The zero-order chi connectivity index (χ0) is 13.3. The van der Waals surface area contributed by atoms with Crippen molar-refractivity contribution in [1.82, 2.24) is 4.90 Å². The third-order valence-electron chi connectivity index (χ3n) is 2.68. The minimum absolute atomic E-state index is 0.131. The Bertz CT molecular complexity index is 211. The second-order valence-corrected chi connectivity index (χ2v) is 5.14. The predicted octanol–water partition coefficient (Wildman–Crippen LogP) is 1.81. The number of unbranched alkanes of at least 4 members (excludes halogenated alkanes) is 1. The van der Waals surface area contributed by atoms with Crippen LogP contribution in [0.3, 0.4) is 0 Å². The van der Waals surface area contributed by atoms with Gasteiger partial charge in [0.2, 0.25) is 0 Å². The van der Waals surface area contributed by atoms with Gasteiger partial charge in [0.05, 0.1) is 18.6 Å². The minimum Gasteiger partial charge on any atom is -0.466 e. The standard InChI is InChI=1S/C13H27NO3/c1-5-14(4)10-8-12(15)17-11-7-6-9-13(2,3)16/h16H,5-11H2,1-4H3. The lowest BCUT2D eigenvalue weighted by Crippen LogP contribution is -2.22. The van der Waals surface area contributed by atoms with E-state index in [1.54, 1.807) is 13.8 Å². The zero-order valence-electron chi connectivity index (χ0n) is 11.7. The van der Waals surface area contributed by atoms with Crippen molar-refractivity contribution >= 4 is 5.97 Å². The molecule has 0 saturated carbocycles. The van der Waals surface area contributed by atoms with Crippen LogP contribution < -0.4 is 0 Å². The molecule has 0 aromatic heterocycles. The van der Waals surface area contributed by atoms with Crippen LogP contribution in [0.25, 0.3) is 0 Å². The van der Waals surface area contributed by atoms with Crippen LogP contribution in [0.5, 0.6) is 0 Å². The van der Waals surface area contributed by atoms with E-state index in [-0.39, 0.29) is 5.97 Å². The molecule has 0 atom stereocenters. The van der Waals surface area contributed by atoms with Crippen molar-refractivity contribution in [1.29, 1.82) is 0 Å². The van der Waals surface area contributed by atoms with Crippen LogP contribution in [0, 0.1) is 0 Å². The first-order valence-electron chi connectivity index (χ1n) is 6.41. The van der Waals surface area contributed by atoms with Gasteiger partial charge in [0.1, 0.15) is 0 Å². The van der Waals surface area contributed by atoms with Crippen molar-refractivity contribution in [3.05, 3.63) is 0 Å². The lowest BCUT2D eigenvalue weighted by Gasteiger charge is -2.16. The van der Waals surface area contributed by atoms with Gasteiger partial charge >= 0.3 is 5.97 Å². The summed E-state index contributed by atoms with van der Waals surface area (Å²) in [5, 5.41) is 9.49. The first-order chi connectivity index (χ1) is 7.85. The molecule has 0 saturated heterocycles. The fourth-order valence-corrected chi connectivity index (χ4v) is 1.36. The van der Waals surface area contributed by atoms with Gasteiger partial charge in [-0.2, -0.15) is 0 Å². The van der Waals surface area contributed by atoms with Gasteiger partial charge in [-0.1, -0.05) is 6.92 Å². The maximum absolute atomic E-state index is 11.3. The summed E-state index contributed by atoms with van der Waals surface area (Å²) in [7, 11) is 1.98. The second kappa shape index (κ2) is 8.48. The predicted molar refractivity (Wildman–Crippen MR) is 68.9 cm³/mol. The van der Waals surface area contributed by atoms with Crippen LogP contribution in [0.2, 0.25) is 0 Å². The number of hydrogen-bond donors (Lipinski definition) is 1. The van der Waals surface area contributed by atoms with Gasteiger partial charge in [-0.05, 0) is 46.7 Å². The number of ether oxygens (including phenoxy) is 1. The molecule has 0 aliphatic rings. The number of nitrogens with zero attached hydrogens (tertiary/aromatic N) is 1. The van der Waals surface area contributed by atoms with Gasteiger partial charge in [-0.25, -0.2) is 0 Å². The van der Waals surface area contributed by atoms with E-state index in [0.29, 0.717) is 13.0 Å². The average Bonchev–Trinajstić information content (AvgIpc) is 2.23.